The normalized spacial score (nSPS) is 17.3. The van der Waals surface area contributed by atoms with Crippen LogP contribution in [0.4, 0.5) is 11.4 Å². The molecular formula is C22H25N3O3S. The van der Waals surface area contributed by atoms with Gasteiger partial charge in [-0.05, 0) is 48.2 Å². The Morgan fingerprint density at radius 2 is 1.79 bits per heavy atom. The average molecular weight is 412 g/mol. The van der Waals surface area contributed by atoms with E-state index in [-0.39, 0.29) is 18.2 Å². The fraction of sp³-hybridized carbons (Fsp3) is 0.318. The van der Waals surface area contributed by atoms with E-state index in [1.54, 1.807) is 31.4 Å². The minimum Gasteiger partial charge on any atom is -0.497 e. The first-order valence-electron chi connectivity index (χ1n) is 9.64. The number of hydrogen-bond donors (Lipinski definition) is 2. The molecule has 0 spiro atoms. The van der Waals surface area contributed by atoms with Crippen LogP contribution in [0.3, 0.4) is 0 Å². The quantitative estimate of drug-likeness (QED) is 0.720. The summed E-state index contributed by atoms with van der Waals surface area (Å²) in [6.07, 6.45) is 1.82. The van der Waals surface area contributed by atoms with Crippen molar-refractivity contribution in [2.75, 3.05) is 12.4 Å². The van der Waals surface area contributed by atoms with Gasteiger partial charge in [-0.3, -0.25) is 9.59 Å². The summed E-state index contributed by atoms with van der Waals surface area (Å²) in [5, 5.41) is 5.69. The van der Waals surface area contributed by atoms with Crippen LogP contribution >= 0.6 is 11.8 Å². The second-order valence-electron chi connectivity index (χ2n) is 6.63. The zero-order valence-corrected chi connectivity index (χ0v) is 17.6. The first-order chi connectivity index (χ1) is 14.0. The number of nitrogens with one attached hydrogen (secondary N) is 2. The number of aliphatic imine (C=N–C) groups is 1. The number of methoxy groups -OCH3 is 1. The van der Waals surface area contributed by atoms with Gasteiger partial charge in [-0.2, -0.15) is 0 Å². The van der Waals surface area contributed by atoms with Gasteiger partial charge >= 0.3 is 0 Å². The van der Waals surface area contributed by atoms with Gasteiger partial charge in [0.1, 0.15) is 11.0 Å². The number of para-hydroxylation sites is 1. The number of carbonyl (C=O) groups is 2. The summed E-state index contributed by atoms with van der Waals surface area (Å²) < 4.78 is 5.11. The number of ether oxygens (including phenoxy) is 1. The van der Waals surface area contributed by atoms with Gasteiger partial charge in [0, 0.05) is 12.1 Å². The molecule has 1 heterocycles. The third-order valence-electron chi connectivity index (χ3n) is 4.70. The summed E-state index contributed by atoms with van der Waals surface area (Å²) in [6, 6.07) is 13.2. The number of carbonyl (C=O) groups excluding carboxylic acids is 2. The Morgan fingerprint density at radius 3 is 2.38 bits per heavy atom. The highest BCUT2D eigenvalue weighted by Gasteiger charge is 2.32. The first kappa shape index (κ1) is 20.9. The van der Waals surface area contributed by atoms with E-state index in [9.17, 15) is 9.59 Å². The molecule has 6 nitrogen and oxygen atoms in total. The molecule has 3 rings (SSSR count). The topological polar surface area (TPSA) is 79.8 Å². The van der Waals surface area contributed by atoms with Crippen molar-refractivity contribution in [2.45, 2.75) is 38.4 Å². The summed E-state index contributed by atoms with van der Waals surface area (Å²) in [7, 11) is 1.59. The zero-order valence-electron chi connectivity index (χ0n) is 16.8. The predicted octanol–water partition coefficient (Wildman–Crippen LogP) is 4.07. The van der Waals surface area contributed by atoms with Crippen LogP contribution in [0.1, 0.15) is 31.4 Å². The van der Waals surface area contributed by atoms with Gasteiger partial charge in [-0.25, -0.2) is 4.99 Å². The van der Waals surface area contributed by atoms with Gasteiger partial charge in [0.05, 0.1) is 12.8 Å². The van der Waals surface area contributed by atoms with Crippen molar-refractivity contribution in [1.82, 2.24) is 5.32 Å². The molecule has 29 heavy (non-hydrogen) atoms. The van der Waals surface area contributed by atoms with E-state index in [1.807, 2.05) is 6.07 Å². The standard InChI is InChI=1S/C22H25N3O3S/c1-4-14-7-6-8-15(5-2)20(14)24-22-25-21(27)18(29-22)13-19(26)23-16-9-11-17(28-3)12-10-16/h6-12,18H,4-5,13H2,1-3H3,(H,23,26)(H,24,25,27)/t18-/m1/s1. The van der Waals surface area contributed by atoms with Crippen LogP contribution in [0.15, 0.2) is 47.5 Å². The number of aryl methyl sites for hydroxylation is 2. The lowest BCUT2D eigenvalue weighted by Crippen LogP contribution is -2.28. The van der Waals surface area contributed by atoms with Gasteiger partial charge < -0.3 is 15.4 Å². The summed E-state index contributed by atoms with van der Waals surface area (Å²) in [6.45, 7) is 4.18. The summed E-state index contributed by atoms with van der Waals surface area (Å²) in [5.74, 6) is 0.311. The van der Waals surface area contributed by atoms with Crippen molar-refractivity contribution in [3.05, 3.63) is 53.6 Å². The Bertz CT molecular complexity index is 903. The van der Waals surface area contributed by atoms with Gasteiger partial charge in [0.15, 0.2) is 5.17 Å². The molecule has 2 N–H and O–H groups in total. The molecule has 0 aromatic heterocycles. The first-order valence-corrected chi connectivity index (χ1v) is 10.5. The fourth-order valence-electron chi connectivity index (χ4n) is 3.11. The van der Waals surface area contributed by atoms with Gasteiger partial charge in [0.25, 0.3) is 0 Å². The Hall–Kier alpha value is -2.80. The molecule has 0 bridgehead atoms. The minimum atomic E-state index is -0.495. The zero-order chi connectivity index (χ0) is 20.8. The third kappa shape index (κ3) is 5.17. The number of benzene rings is 2. The van der Waals surface area contributed by atoms with E-state index in [1.165, 1.54) is 11.8 Å². The molecule has 1 saturated heterocycles. The van der Waals surface area contributed by atoms with Crippen molar-refractivity contribution in [3.63, 3.8) is 0 Å². The van der Waals surface area contributed by atoms with Crippen molar-refractivity contribution < 1.29 is 14.3 Å². The highest BCUT2D eigenvalue weighted by Crippen LogP contribution is 2.30. The van der Waals surface area contributed by atoms with Crippen LogP contribution < -0.4 is 15.4 Å². The van der Waals surface area contributed by atoms with Gasteiger partial charge in [0.2, 0.25) is 11.8 Å². The Kier molecular flexibility index (Phi) is 6.93. The van der Waals surface area contributed by atoms with Gasteiger partial charge in [-0.1, -0.05) is 43.8 Å². The minimum absolute atomic E-state index is 0.0810. The largest absolute Gasteiger partial charge is 0.497 e. The van der Waals surface area contributed by atoms with Crippen LogP contribution in [0.2, 0.25) is 0 Å². The second-order valence-corrected chi connectivity index (χ2v) is 7.82. The lowest BCUT2D eigenvalue weighted by molar-refractivity contribution is -0.122. The number of hydrogen-bond acceptors (Lipinski definition) is 5. The van der Waals surface area contributed by atoms with E-state index in [2.05, 4.69) is 36.6 Å². The summed E-state index contributed by atoms with van der Waals surface area (Å²) in [5.41, 5.74) is 3.88. The third-order valence-corrected chi connectivity index (χ3v) is 5.78. The predicted molar refractivity (Wildman–Crippen MR) is 118 cm³/mol. The maximum absolute atomic E-state index is 12.4. The van der Waals surface area contributed by atoms with Crippen LogP contribution in [-0.4, -0.2) is 29.3 Å². The molecule has 0 aliphatic carbocycles. The second kappa shape index (κ2) is 9.60. The van der Waals surface area contributed by atoms with Crippen molar-refractivity contribution in [2.24, 2.45) is 4.99 Å². The molecule has 2 amide bonds. The maximum atomic E-state index is 12.4. The van der Waals surface area contributed by atoms with E-state index < -0.39 is 5.25 Å². The Balaban J connectivity index is 1.67. The van der Waals surface area contributed by atoms with Crippen molar-refractivity contribution in [1.29, 1.82) is 0 Å². The molecule has 0 radical (unpaired) electrons. The number of amides is 2. The molecule has 1 fully saturated rings. The molecule has 0 unspecified atom stereocenters. The van der Waals surface area contributed by atoms with Crippen molar-refractivity contribution in [3.8, 4) is 5.75 Å². The fourth-order valence-corrected chi connectivity index (χ4v) is 4.08. The van der Waals surface area contributed by atoms with E-state index >= 15 is 0 Å². The van der Waals surface area contributed by atoms with Crippen LogP contribution in [0.25, 0.3) is 0 Å². The van der Waals surface area contributed by atoms with E-state index in [0.29, 0.717) is 16.6 Å². The lowest BCUT2D eigenvalue weighted by atomic mass is 10.0. The monoisotopic (exact) mass is 411 g/mol. The number of rotatable bonds is 7. The number of amidine groups is 1. The Labute approximate surface area is 175 Å². The molecule has 1 aliphatic heterocycles. The summed E-state index contributed by atoms with van der Waals surface area (Å²) >= 11 is 1.31. The molecule has 0 saturated carbocycles. The summed E-state index contributed by atoms with van der Waals surface area (Å²) in [4.78, 5) is 29.4. The average Bonchev–Trinajstić information content (AvgIpc) is 3.07. The highest BCUT2D eigenvalue weighted by atomic mass is 32.2. The number of thioether (sulfide) groups is 1. The molecular weight excluding hydrogens is 386 g/mol. The highest BCUT2D eigenvalue weighted by molar-refractivity contribution is 8.15. The molecule has 1 atom stereocenters. The maximum Gasteiger partial charge on any atom is 0.240 e. The van der Waals surface area contributed by atoms with Gasteiger partial charge in [-0.15, -0.1) is 0 Å². The Morgan fingerprint density at radius 1 is 1.14 bits per heavy atom. The number of nitrogens with zero attached hydrogens (tertiary/aromatic N) is 1. The van der Waals surface area contributed by atoms with Crippen LogP contribution in [0, 0.1) is 0 Å². The molecule has 152 valence electrons. The van der Waals surface area contributed by atoms with E-state index in [0.717, 1.165) is 29.7 Å². The number of anilines is 1. The van der Waals surface area contributed by atoms with Crippen LogP contribution in [0.5, 0.6) is 5.75 Å². The van der Waals surface area contributed by atoms with E-state index in [4.69, 9.17) is 9.73 Å². The SMILES string of the molecule is CCc1cccc(CC)c1N=C1NC(=O)[C@@H](CC(=O)Nc2ccc(OC)cc2)S1. The molecule has 2 aromatic carbocycles. The smallest absolute Gasteiger partial charge is 0.240 e. The van der Waals surface area contributed by atoms with Crippen molar-refractivity contribution >= 4 is 40.1 Å². The lowest BCUT2D eigenvalue weighted by Gasteiger charge is -2.09. The molecule has 7 heteroatoms. The molecule has 1 aliphatic rings. The van der Waals surface area contributed by atoms with Crippen LogP contribution in [-0.2, 0) is 22.4 Å². The molecule has 2 aromatic rings.